The highest BCUT2D eigenvalue weighted by molar-refractivity contribution is 6.09. The number of aliphatic hydroxyl groups excluding tert-OH is 3. The van der Waals surface area contributed by atoms with Crippen molar-refractivity contribution in [2.45, 2.75) is 243 Å². The van der Waals surface area contributed by atoms with Gasteiger partial charge < -0.3 is 85.8 Å². The highest BCUT2D eigenvalue weighted by Gasteiger charge is 2.53. The molecule has 3 aromatic rings. The monoisotopic (exact) mass is 1390 g/mol. The minimum absolute atomic E-state index is 0.0310. The number of likely N-dealkylation sites (N-methyl/N-ethyl adjacent to an activating group) is 1. The summed E-state index contributed by atoms with van der Waals surface area (Å²) < 4.78 is 32.1. The average Bonchev–Trinajstić information content (AvgIpc) is 1.58. The van der Waals surface area contributed by atoms with Crippen LogP contribution >= 0.6 is 0 Å². The molecule has 99 heavy (non-hydrogen) atoms. The third kappa shape index (κ3) is 22.6. The van der Waals surface area contributed by atoms with Gasteiger partial charge in [0.15, 0.2) is 18.4 Å². The number of hydrogen-bond acceptors (Lipinski definition) is 20. The number of carbonyl (C=O) groups excluding carboxylic acids is 7. The maximum Gasteiger partial charge on any atom is 0.311 e. The highest BCUT2D eigenvalue weighted by Crippen LogP contribution is 2.40. The summed E-state index contributed by atoms with van der Waals surface area (Å²) in [5.41, 5.74) is -3.33. The maximum atomic E-state index is 14.7. The predicted molar refractivity (Wildman–Crippen MR) is 370 cm³/mol. The van der Waals surface area contributed by atoms with Gasteiger partial charge in [-0.15, -0.1) is 0 Å². The van der Waals surface area contributed by atoms with E-state index in [1.807, 2.05) is 57.7 Å². The molecule has 3 heterocycles. The minimum Gasteiger partial charge on any atom is -0.459 e. The fraction of sp³-hybridized carbons (Fsp3) is 0.662. The van der Waals surface area contributed by atoms with Crippen molar-refractivity contribution in [2.24, 2.45) is 23.7 Å². The number of carbonyl (C=O) groups is 7. The van der Waals surface area contributed by atoms with Crippen LogP contribution in [0.5, 0.6) is 0 Å². The Labute approximate surface area is 584 Å². The summed E-state index contributed by atoms with van der Waals surface area (Å²) in [4.78, 5) is 100. The number of esters is 1. The van der Waals surface area contributed by atoms with E-state index in [4.69, 9.17) is 23.7 Å². The standard InChI is InChI=1S/C74H113N7O18/c1-16-57-74(13,94)64(86)48(9)81(41-43(4)37-73(12,93)66(99-71-62(85)56(80(14)15)34-44(5)95-71)46(7)63(47(8)70(91)97-57)98-60-38-72(11,92)65(87)49(10)96-60)32-24-31-75-58(82)39-77-68(89)54(33-42(2)3)79-69(90)55(35-50-25-19-17-20-26-50)78-59(83)40-76-67(88)45(6)52-29-23-30-53(36-52)61(84)51-27-21-18-22-28-51/h17-23,25-30,36,42-49,54-57,60,62-66,71,85-87,92-94H,16,24,31-35,37-41H2,1-15H3,(H,75,82)(H,76,88)(H,77,89)(H,78,83)(H,79,90). The van der Waals surface area contributed by atoms with Crippen LogP contribution in [0.25, 0.3) is 0 Å². The van der Waals surface area contributed by atoms with Crippen LogP contribution < -0.4 is 26.6 Å². The Hall–Kier alpha value is -6.33. The molecule has 21 unspecified atom stereocenters. The van der Waals surface area contributed by atoms with Gasteiger partial charge in [-0.3, -0.25) is 38.5 Å². The molecule has 25 heteroatoms. The van der Waals surface area contributed by atoms with Crippen molar-refractivity contribution in [1.29, 1.82) is 0 Å². The van der Waals surface area contributed by atoms with Gasteiger partial charge in [-0.2, -0.15) is 0 Å². The number of benzene rings is 3. The van der Waals surface area contributed by atoms with Crippen molar-refractivity contribution < 1.29 is 87.9 Å². The van der Waals surface area contributed by atoms with Crippen LogP contribution in [0.15, 0.2) is 84.9 Å². The van der Waals surface area contributed by atoms with E-state index >= 15 is 0 Å². The lowest BCUT2D eigenvalue weighted by Gasteiger charge is -2.48. The van der Waals surface area contributed by atoms with Crippen molar-refractivity contribution in [1.82, 2.24) is 36.4 Å². The molecule has 0 radical (unpaired) electrons. The van der Waals surface area contributed by atoms with Crippen LogP contribution in [-0.4, -0.2) is 231 Å². The van der Waals surface area contributed by atoms with E-state index in [1.54, 1.807) is 127 Å². The third-order valence-corrected chi connectivity index (χ3v) is 19.7. The molecule has 0 aliphatic carbocycles. The number of aliphatic hydroxyl groups is 6. The molecule has 3 aliphatic heterocycles. The van der Waals surface area contributed by atoms with E-state index < -0.39 is 169 Å². The minimum atomic E-state index is -2.05. The molecule has 21 atom stereocenters. The average molecular weight is 1390 g/mol. The Morgan fingerprint density at radius 2 is 1.34 bits per heavy atom. The second-order valence-electron chi connectivity index (χ2n) is 29.2. The summed E-state index contributed by atoms with van der Waals surface area (Å²) in [6.45, 7) is 21.5. The molecule has 552 valence electrons. The lowest BCUT2D eigenvalue weighted by Crippen LogP contribution is -2.60. The molecule has 3 aromatic carbocycles. The SMILES string of the molecule is CCC1OC(=O)C(C)C(OC2CC(C)(O)C(O)C(C)O2)C(C)C(OC2OC(C)CC(N(C)C)C2O)C(C)(O)CC(C)CN(CCCNC(=O)CNC(=O)C(CC(C)C)NC(=O)C(Cc2ccccc2)NC(=O)CNC(=O)C(C)c2cccc(C(=O)c3ccccc3)c2)C(C)C(O)C1(C)O. The number of rotatable bonds is 26. The summed E-state index contributed by atoms with van der Waals surface area (Å²) in [6.07, 6.45) is -10.5. The van der Waals surface area contributed by atoms with E-state index in [0.29, 0.717) is 28.7 Å². The van der Waals surface area contributed by atoms with Gasteiger partial charge in [0.05, 0.1) is 60.5 Å². The van der Waals surface area contributed by atoms with Crippen LogP contribution in [0.2, 0.25) is 0 Å². The molecule has 0 bridgehead atoms. The van der Waals surface area contributed by atoms with Crippen molar-refractivity contribution in [3.8, 4) is 0 Å². The smallest absolute Gasteiger partial charge is 0.311 e. The molecule has 0 saturated carbocycles. The van der Waals surface area contributed by atoms with Gasteiger partial charge >= 0.3 is 5.97 Å². The number of nitrogens with zero attached hydrogens (tertiary/aromatic N) is 2. The third-order valence-electron chi connectivity index (χ3n) is 19.7. The van der Waals surface area contributed by atoms with Crippen molar-refractivity contribution in [2.75, 3.05) is 46.8 Å². The first-order valence-corrected chi connectivity index (χ1v) is 35.1. The van der Waals surface area contributed by atoms with Crippen LogP contribution in [0.4, 0.5) is 0 Å². The second-order valence-corrected chi connectivity index (χ2v) is 29.2. The molecule has 6 rings (SSSR count). The fourth-order valence-corrected chi connectivity index (χ4v) is 14.0. The lowest BCUT2D eigenvalue weighted by atomic mass is 9.77. The number of nitrogens with one attached hydrogen (secondary N) is 5. The summed E-state index contributed by atoms with van der Waals surface area (Å²) in [5.74, 6) is -7.45. The van der Waals surface area contributed by atoms with Crippen molar-refractivity contribution >= 4 is 41.3 Å². The van der Waals surface area contributed by atoms with Gasteiger partial charge in [-0.25, -0.2) is 0 Å². The maximum absolute atomic E-state index is 14.7. The zero-order valence-corrected chi connectivity index (χ0v) is 60.5. The molecule has 3 fully saturated rings. The van der Waals surface area contributed by atoms with Gasteiger partial charge in [0.25, 0.3) is 0 Å². The first-order valence-electron chi connectivity index (χ1n) is 35.1. The summed E-state index contributed by atoms with van der Waals surface area (Å²) in [7, 11) is 3.67. The Balaban J connectivity index is 1.13. The van der Waals surface area contributed by atoms with Crippen LogP contribution in [0, 0.1) is 23.7 Å². The highest BCUT2D eigenvalue weighted by atomic mass is 16.7. The van der Waals surface area contributed by atoms with Crippen LogP contribution in [-0.2, 0) is 58.9 Å². The zero-order valence-electron chi connectivity index (χ0n) is 60.5. The van der Waals surface area contributed by atoms with E-state index in [0.717, 1.165) is 0 Å². The molecule has 25 nitrogen and oxygen atoms in total. The van der Waals surface area contributed by atoms with E-state index in [2.05, 4.69) is 26.6 Å². The Bertz CT molecular complexity index is 3120. The predicted octanol–water partition coefficient (Wildman–Crippen LogP) is 3.65. The van der Waals surface area contributed by atoms with Crippen LogP contribution in [0.1, 0.15) is 161 Å². The van der Waals surface area contributed by atoms with Gasteiger partial charge in [0, 0.05) is 61.6 Å². The normalized spacial score (nSPS) is 32.2. The van der Waals surface area contributed by atoms with E-state index in [-0.39, 0.29) is 76.0 Å². The summed E-state index contributed by atoms with van der Waals surface area (Å²) in [6, 6.07) is 20.9. The quantitative estimate of drug-likeness (QED) is 0.0310. The Morgan fingerprint density at radius 1 is 0.717 bits per heavy atom. The summed E-state index contributed by atoms with van der Waals surface area (Å²) >= 11 is 0. The topological polar surface area (TPSA) is 354 Å². The van der Waals surface area contributed by atoms with Gasteiger partial charge in [-0.1, -0.05) is 113 Å². The Kier molecular flexibility index (Phi) is 30.1. The van der Waals surface area contributed by atoms with Crippen LogP contribution in [0.3, 0.4) is 0 Å². The second kappa shape index (κ2) is 36.5. The van der Waals surface area contributed by atoms with E-state index in [9.17, 15) is 64.2 Å². The fourth-order valence-electron chi connectivity index (χ4n) is 14.0. The number of ether oxygens (including phenoxy) is 5. The van der Waals surface area contributed by atoms with Crippen molar-refractivity contribution in [3.63, 3.8) is 0 Å². The molecule has 0 spiro atoms. The number of cyclic esters (lactones) is 1. The van der Waals surface area contributed by atoms with E-state index in [1.165, 1.54) is 13.8 Å². The lowest BCUT2D eigenvalue weighted by molar-refractivity contribution is -0.316. The number of ketones is 1. The largest absolute Gasteiger partial charge is 0.459 e. The first kappa shape index (κ1) is 81.6. The molecular weight excluding hydrogens is 1270 g/mol. The molecule has 0 aromatic heterocycles. The molecule has 3 saturated heterocycles. The Morgan fingerprint density at radius 3 is 1.97 bits per heavy atom. The number of hydrogen-bond donors (Lipinski definition) is 11. The first-order chi connectivity index (χ1) is 46.4. The molecular formula is C74H113N7O18. The molecule has 3 aliphatic rings. The molecule has 5 amide bonds. The number of amides is 5. The van der Waals surface area contributed by atoms with Crippen molar-refractivity contribution in [3.05, 3.63) is 107 Å². The van der Waals surface area contributed by atoms with Gasteiger partial charge in [0.2, 0.25) is 29.5 Å². The van der Waals surface area contributed by atoms with Gasteiger partial charge in [0.1, 0.15) is 42.1 Å². The zero-order chi connectivity index (χ0) is 73.4. The molecule has 11 N–H and O–H groups in total. The summed E-state index contributed by atoms with van der Waals surface area (Å²) in [5, 5.41) is 85.3. The van der Waals surface area contributed by atoms with Gasteiger partial charge in [-0.05, 0) is 131 Å².